The van der Waals surface area contributed by atoms with E-state index >= 15 is 0 Å². The van der Waals surface area contributed by atoms with E-state index in [1.165, 1.54) is 4.68 Å². The lowest BCUT2D eigenvalue weighted by Gasteiger charge is -2.32. The molecule has 0 atom stereocenters. The molecule has 1 aliphatic heterocycles. The fraction of sp³-hybridized carbons (Fsp3) is 0.556. The van der Waals surface area contributed by atoms with Crippen LogP contribution in [0, 0.1) is 0 Å². The lowest BCUT2D eigenvalue weighted by atomic mass is 9.82. The molecule has 3 rings (SSSR count). The van der Waals surface area contributed by atoms with Gasteiger partial charge in [-0.1, -0.05) is 15.9 Å². The van der Waals surface area contributed by atoms with Crippen LogP contribution in [0.3, 0.4) is 0 Å². The Labute approximate surface area is 162 Å². The number of hydrogen-bond acceptors (Lipinski definition) is 5. The van der Waals surface area contributed by atoms with Gasteiger partial charge in [0.05, 0.1) is 16.7 Å². The lowest BCUT2D eigenvalue weighted by Crippen LogP contribution is -2.41. The molecular weight excluding hydrogens is 399 g/mol. The first-order valence-electron chi connectivity index (χ1n) is 8.58. The van der Waals surface area contributed by atoms with E-state index in [0.29, 0.717) is 11.1 Å². The number of nitrogens with zero attached hydrogens (tertiary/aromatic N) is 2. The molecule has 2 heterocycles. The van der Waals surface area contributed by atoms with Crippen LogP contribution in [0.2, 0.25) is 0 Å². The van der Waals surface area contributed by atoms with Crippen molar-refractivity contribution in [2.24, 2.45) is 0 Å². The number of ether oxygens (including phenoxy) is 1. The van der Waals surface area contributed by atoms with Gasteiger partial charge in [0.2, 0.25) is 0 Å². The molecule has 1 fully saturated rings. The molecule has 0 amide bonds. The van der Waals surface area contributed by atoms with Crippen LogP contribution in [-0.4, -0.2) is 39.8 Å². The second-order valence-corrected chi connectivity index (χ2v) is 9.44. The van der Waals surface area contributed by atoms with Crippen LogP contribution in [0.5, 0.6) is 0 Å². The topological polar surface area (TPSA) is 62.6 Å². The molecule has 2 aromatic rings. The van der Waals surface area contributed by atoms with Crippen LogP contribution in [-0.2, 0) is 14.0 Å². The number of fused-ring (bicyclic) bond motifs is 1. The monoisotopic (exact) mass is 422 g/mol. The maximum Gasteiger partial charge on any atom is 0.517 e. The molecule has 1 aliphatic rings. The van der Waals surface area contributed by atoms with E-state index in [1.807, 2.05) is 66.7 Å². The van der Waals surface area contributed by atoms with Crippen molar-refractivity contribution in [3.8, 4) is 0 Å². The predicted octanol–water partition coefficient (Wildman–Crippen LogP) is 3.88. The number of halogens is 1. The van der Waals surface area contributed by atoms with Gasteiger partial charge >= 0.3 is 13.2 Å². The van der Waals surface area contributed by atoms with Crippen LogP contribution in [0.4, 0.5) is 4.79 Å². The summed E-state index contributed by atoms with van der Waals surface area (Å²) in [7, 11) is -0.666. The summed E-state index contributed by atoms with van der Waals surface area (Å²) in [6.07, 6.45) is -0.535. The minimum Gasteiger partial charge on any atom is -0.442 e. The molecule has 6 nitrogen and oxygen atoms in total. The molecule has 0 N–H and O–H groups in total. The smallest absolute Gasteiger partial charge is 0.442 e. The summed E-state index contributed by atoms with van der Waals surface area (Å²) >= 11 is 3.48. The fourth-order valence-corrected chi connectivity index (χ4v) is 3.05. The number of aromatic nitrogens is 2. The second kappa shape index (κ2) is 6.07. The summed E-state index contributed by atoms with van der Waals surface area (Å²) < 4.78 is 19.9. The molecule has 1 aromatic carbocycles. The zero-order valence-corrected chi connectivity index (χ0v) is 17.8. The van der Waals surface area contributed by atoms with Crippen molar-refractivity contribution in [2.75, 3.05) is 0 Å². The van der Waals surface area contributed by atoms with Gasteiger partial charge in [0.1, 0.15) is 11.2 Å². The van der Waals surface area contributed by atoms with E-state index in [0.717, 1.165) is 9.86 Å². The van der Waals surface area contributed by atoms with Crippen LogP contribution in [0.15, 0.2) is 22.7 Å². The van der Waals surface area contributed by atoms with Gasteiger partial charge in [-0.15, -0.1) is 0 Å². The van der Waals surface area contributed by atoms with Crippen LogP contribution < -0.4 is 5.59 Å². The molecule has 0 bridgehead atoms. The standard InChI is InChI=1S/C18H24BBrN2O4/c1-16(2,3)24-15(23)22-13-9-8-11(20)10-12(13)14(21-22)19-25-17(4,5)18(6,7)26-19/h8-10H,1-7H3. The molecule has 0 saturated carbocycles. The van der Waals surface area contributed by atoms with Gasteiger partial charge in [-0.2, -0.15) is 9.78 Å². The van der Waals surface area contributed by atoms with E-state index in [4.69, 9.17) is 14.0 Å². The Bertz CT molecular complexity index is 854. The van der Waals surface area contributed by atoms with Crippen molar-refractivity contribution in [2.45, 2.75) is 65.3 Å². The zero-order chi connectivity index (χ0) is 19.5. The van der Waals surface area contributed by atoms with Gasteiger partial charge in [-0.3, -0.25) is 0 Å². The molecule has 1 saturated heterocycles. The number of rotatable bonds is 1. The molecule has 0 unspecified atom stereocenters. The van der Waals surface area contributed by atoms with Crippen molar-refractivity contribution >= 4 is 45.6 Å². The predicted molar refractivity (Wildman–Crippen MR) is 105 cm³/mol. The third-order valence-corrected chi connectivity index (χ3v) is 5.21. The highest BCUT2D eigenvalue weighted by atomic mass is 79.9. The van der Waals surface area contributed by atoms with Gasteiger partial charge in [-0.25, -0.2) is 4.79 Å². The minimum atomic E-state index is -0.666. The molecule has 0 spiro atoms. The number of carbonyl (C=O) groups is 1. The van der Waals surface area contributed by atoms with Crippen molar-refractivity contribution in [3.05, 3.63) is 22.7 Å². The maximum atomic E-state index is 12.6. The summed E-state index contributed by atoms with van der Waals surface area (Å²) in [6, 6.07) is 5.59. The second-order valence-electron chi connectivity index (χ2n) is 8.53. The van der Waals surface area contributed by atoms with Crippen molar-refractivity contribution in [1.29, 1.82) is 0 Å². The lowest BCUT2D eigenvalue weighted by molar-refractivity contribution is 0.00578. The summed E-state index contributed by atoms with van der Waals surface area (Å²) in [5.41, 5.74) is -0.398. The Morgan fingerprint density at radius 2 is 1.77 bits per heavy atom. The molecule has 140 valence electrons. The Morgan fingerprint density at radius 1 is 1.19 bits per heavy atom. The largest absolute Gasteiger partial charge is 0.517 e. The van der Waals surface area contributed by atoms with E-state index in [2.05, 4.69) is 21.0 Å². The quantitative estimate of drug-likeness (QED) is 0.652. The third kappa shape index (κ3) is 3.42. The van der Waals surface area contributed by atoms with E-state index in [-0.39, 0.29) is 0 Å². The summed E-state index contributed by atoms with van der Waals surface area (Å²) in [5.74, 6) is 0. The van der Waals surface area contributed by atoms with Gasteiger partial charge in [-0.05, 0) is 66.7 Å². The Morgan fingerprint density at radius 3 is 2.31 bits per heavy atom. The van der Waals surface area contributed by atoms with Crippen molar-refractivity contribution in [3.63, 3.8) is 0 Å². The highest BCUT2D eigenvalue weighted by Crippen LogP contribution is 2.37. The average molecular weight is 423 g/mol. The van der Waals surface area contributed by atoms with E-state index in [9.17, 15) is 4.79 Å². The molecule has 8 heteroatoms. The van der Waals surface area contributed by atoms with Crippen LogP contribution in [0.25, 0.3) is 10.9 Å². The minimum absolute atomic E-state index is 0.494. The first-order valence-corrected chi connectivity index (χ1v) is 9.37. The van der Waals surface area contributed by atoms with Gasteiger partial charge in [0.25, 0.3) is 0 Å². The van der Waals surface area contributed by atoms with Crippen LogP contribution >= 0.6 is 15.9 Å². The Balaban J connectivity index is 2.10. The molecule has 1 aromatic heterocycles. The summed E-state index contributed by atoms with van der Waals surface area (Å²) in [4.78, 5) is 12.6. The summed E-state index contributed by atoms with van der Waals surface area (Å²) in [5, 5.41) is 5.28. The zero-order valence-electron chi connectivity index (χ0n) is 16.2. The molecule has 0 aliphatic carbocycles. The number of carbonyl (C=O) groups excluding carboxylic acids is 1. The van der Waals surface area contributed by atoms with Gasteiger partial charge < -0.3 is 14.0 Å². The normalized spacial score (nSPS) is 19.2. The molecular formula is C18H24BBrN2O4. The van der Waals surface area contributed by atoms with E-state index in [1.54, 1.807) is 0 Å². The Hall–Kier alpha value is -1.38. The number of hydrogen-bond donors (Lipinski definition) is 0. The fourth-order valence-electron chi connectivity index (χ4n) is 2.69. The third-order valence-electron chi connectivity index (χ3n) is 4.71. The number of benzene rings is 1. The molecule has 0 radical (unpaired) electrons. The SMILES string of the molecule is CC(C)(C)OC(=O)n1nc(B2OC(C)(C)C(C)(C)O2)c2cc(Br)ccc21. The Kier molecular flexibility index (Phi) is 4.53. The maximum absolute atomic E-state index is 12.6. The van der Waals surface area contributed by atoms with Crippen molar-refractivity contribution in [1.82, 2.24) is 9.78 Å². The van der Waals surface area contributed by atoms with Crippen molar-refractivity contribution < 1.29 is 18.8 Å². The van der Waals surface area contributed by atoms with Gasteiger partial charge in [0, 0.05) is 9.86 Å². The first-order chi connectivity index (χ1) is 11.8. The highest BCUT2D eigenvalue weighted by Gasteiger charge is 2.53. The first kappa shape index (κ1) is 19.4. The van der Waals surface area contributed by atoms with Gasteiger partial charge in [0.15, 0.2) is 0 Å². The average Bonchev–Trinajstić information content (AvgIpc) is 2.91. The van der Waals surface area contributed by atoms with Crippen LogP contribution in [0.1, 0.15) is 48.5 Å². The highest BCUT2D eigenvalue weighted by molar-refractivity contribution is 9.10. The van der Waals surface area contributed by atoms with E-state index < -0.39 is 30.0 Å². The summed E-state index contributed by atoms with van der Waals surface area (Å²) in [6.45, 7) is 13.4. The molecule has 26 heavy (non-hydrogen) atoms.